The van der Waals surface area contributed by atoms with Crippen LogP contribution in [0.3, 0.4) is 0 Å². The molecule has 0 saturated carbocycles. The first-order valence-corrected chi connectivity index (χ1v) is 8.12. The topological polar surface area (TPSA) is 56.1 Å². The maximum Gasteiger partial charge on any atom is 0.255 e. The quantitative estimate of drug-likeness (QED) is 0.758. The molecule has 0 unspecified atom stereocenters. The van der Waals surface area contributed by atoms with Crippen LogP contribution in [0.4, 0.5) is 0 Å². The summed E-state index contributed by atoms with van der Waals surface area (Å²) in [5, 5.41) is 2.96. The van der Waals surface area contributed by atoms with Crippen molar-refractivity contribution in [2.45, 2.75) is 20.4 Å². The number of aromatic nitrogens is 2. The number of para-hydroxylation sites is 3. The van der Waals surface area contributed by atoms with Gasteiger partial charge in [0.05, 0.1) is 23.2 Å². The number of hydrogen-bond donors (Lipinski definition) is 1. The van der Waals surface area contributed by atoms with Crippen molar-refractivity contribution >= 4 is 16.9 Å². The van der Waals surface area contributed by atoms with Crippen molar-refractivity contribution in [1.29, 1.82) is 0 Å². The zero-order valence-electron chi connectivity index (χ0n) is 14.0. The van der Waals surface area contributed by atoms with Gasteiger partial charge in [-0.15, -0.1) is 0 Å². The number of carbonyl (C=O) groups is 1. The Bertz CT molecular complexity index is 855. The Morgan fingerprint density at radius 3 is 2.75 bits per heavy atom. The number of rotatable bonds is 6. The van der Waals surface area contributed by atoms with E-state index in [1.54, 1.807) is 6.07 Å². The lowest BCUT2D eigenvalue weighted by atomic mass is 10.2. The minimum Gasteiger partial charge on any atom is -0.493 e. The Balaban J connectivity index is 1.68. The van der Waals surface area contributed by atoms with Crippen LogP contribution >= 0.6 is 0 Å². The van der Waals surface area contributed by atoms with Crippen molar-refractivity contribution < 1.29 is 9.53 Å². The normalized spacial score (nSPS) is 10.8. The summed E-state index contributed by atoms with van der Waals surface area (Å²) in [5.41, 5.74) is 2.62. The first-order valence-electron chi connectivity index (χ1n) is 8.12. The number of benzene rings is 2. The highest BCUT2D eigenvalue weighted by atomic mass is 16.5. The average Bonchev–Trinajstić information content (AvgIpc) is 2.91. The smallest absolute Gasteiger partial charge is 0.255 e. The van der Waals surface area contributed by atoms with E-state index >= 15 is 0 Å². The summed E-state index contributed by atoms with van der Waals surface area (Å²) in [5.74, 6) is 1.43. The molecular formula is C19H21N3O2. The highest BCUT2D eigenvalue weighted by Gasteiger charge is 2.12. The van der Waals surface area contributed by atoms with E-state index in [-0.39, 0.29) is 5.91 Å². The van der Waals surface area contributed by atoms with E-state index in [4.69, 9.17) is 4.74 Å². The fourth-order valence-electron chi connectivity index (χ4n) is 2.79. The predicted octanol–water partition coefficient (Wildman–Crippen LogP) is 3.17. The summed E-state index contributed by atoms with van der Waals surface area (Å²) in [7, 11) is 0. The molecule has 5 nitrogen and oxygen atoms in total. The summed E-state index contributed by atoms with van der Waals surface area (Å²) in [4.78, 5) is 16.9. The van der Waals surface area contributed by atoms with Gasteiger partial charge in [-0.05, 0) is 38.1 Å². The van der Waals surface area contributed by atoms with Crippen molar-refractivity contribution in [3.8, 4) is 5.75 Å². The Morgan fingerprint density at radius 2 is 1.92 bits per heavy atom. The van der Waals surface area contributed by atoms with Gasteiger partial charge in [-0.3, -0.25) is 4.79 Å². The second kappa shape index (κ2) is 7.17. The largest absolute Gasteiger partial charge is 0.493 e. The van der Waals surface area contributed by atoms with E-state index in [0.29, 0.717) is 31.0 Å². The zero-order valence-corrected chi connectivity index (χ0v) is 14.0. The lowest BCUT2D eigenvalue weighted by molar-refractivity contribution is 0.0948. The van der Waals surface area contributed by atoms with Crippen LogP contribution in [0.1, 0.15) is 23.1 Å². The molecule has 3 aromatic rings. The highest BCUT2D eigenvalue weighted by Crippen LogP contribution is 2.18. The fourth-order valence-corrected chi connectivity index (χ4v) is 2.79. The molecule has 5 heteroatoms. The van der Waals surface area contributed by atoms with Crippen molar-refractivity contribution in [1.82, 2.24) is 14.9 Å². The molecule has 1 aromatic heterocycles. The molecule has 24 heavy (non-hydrogen) atoms. The van der Waals surface area contributed by atoms with Crippen LogP contribution < -0.4 is 10.1 Å². The van der Waals surface area contributed by atoms with E-state index in [1.807, 2.05) is 56.3 Å². The molecular weight excluding hydrogens is 302 g/mol. The van der Waals surface area contributed by atoms with Crippen LogP contribution in [-0.4, -0.2) is 28.6 Å². The van der Waals surface area contributed by atoms with E-state index < -0.39 is 0 Å². The molecule has 1 heterocycles. The van der Waals surface area contributed by atoms with Gasteiger partial charge in [-0.2, -0.15) is 0 Å². The SMILES string of the molecule is CCOc1ccccc1C(=O)NCCn1c(C)nc2ccccc21. The van der Waals surface area contributed by atoms with Gasteiger partial charge in [-0.1, -0.05) is 24.3 Å². The average molecular weight is 323 g/mol. The van der Waals surface area contributed by atoms with Crippen LogP contribution in [-0.2, 0) is 6.54 Å². The molecule has 0 aliphatic rings. The molecule has 124 valence electrons. The molecule has 1 amide bonds. The third-order valence-electron chi connectivity index (χ3n) is 3.90. The molecule has 0 bridgehead atoms. The third kappa shape index (κ3) is 3.25. The van der Waals surface area contributed by atoms with Crippen LogP contribution in [0.2, 0.25) is 0 Å². The molecule has 0 aliphatic carbocycles. The number of hydrogen-bond acceptors (Lipinski definition) is 3. The van der Waals surface area contributed by atoms with Crippen molar-refractivity contribution in [3.63, 3.8) is 0 Å². The van der Waals surface area contributed by atoms with Gasteiger partial charge < -0.3 is 14.6 Å². The van der Waals surface area contributed by atoms with Crippen LogP contribution in [0, 0.1) is 6.92 Å². The second-order valence-electron chi connectivity index (χ2n) is 5.48. The summed E-state index contributed by atoms with van der Waals surface area (Å²) < 4.78 is 7.63. The molecule has 0 spiro atoms. The van der Waals surface area contributed by atoms with E-state index in [1.165, 1.54) is 0 Å². The molecule has 0 fully saturated rings. The van der Waals surface area contributed by atoms with Crippen molar-refractivity contribution in [2.24, 2.45) is 0 Å². The summed E-state index contributed by atoms with van der Waals surface area (Å²) in [6.45, 7) is 5.62. The van der Waals surface area contributed by atoms with Gasteiger partial charge in [0.25, 0.3) is 5.91 Å². The summed E-state index contributed by atoms with van der Waals surface area (Å²) in [6.07, 6.45) is 0. The monoisotopic (exact) mass is 323 g/mol. The number of nitrogens with one attached hydrogen (secondary N) is 1. The molecule has 0 aliphatic heterocycles. The minimum absolute atomic E-state index is 0.124. The van der Waals surface area contributed by atoms with Gasteiger partial charge in [0.1, 0.15) is 11.6 Å². The molecule has 2 aromatic carbocycles. The van der Waals surface area contributed by atoms with E-state index in [0.717, 1.165) is 16.9 Å². The van der Waals surface area contributed by atoms with Crippen molar-refractivity contribution in [2.75, 3.05) is 13.2 Å². The van der Waals surface area contributed by atoms with Crippen LogP contribution in [0.25, 0.3) is 11.0 Å². The third-order valence-corrected chi connectivity index (χ3v) is 3.90. The maximum absolute atomic E-state index is 12.4. The number of carbonyl (C=O) groups excluding carboxylic acids is 1. The summed E-state index contributed by atoms with van der Waals surface area (Å²) in [6, 6.07) is 15.3. The number of fused-ring (bicyclic) bond motifs is 1. The molecule has 3 rings (SSSR count). The Kier molecular flexibility index (Phi) is 4.79. The van der Waals surface area contributed by atoms with Gasteiger partial charge in [-0.25, -0.2) is 4.98 Å². The first kappa shape index (κ1) is 16.1. The second-order valence-corrected chi connectivity index (χ2v) is 5.48. The number of amides is 1. The van der Waals surface area contributed by atoms with Gasteiger partial charge >= 0.3 is 0 Å². The van der Waals surface area contributed by atoms with Gasteiger partial charge in [0.2, 0.25) is 0 Å². The number of aryl methyl sites for hydroxylation is 1. The zero-order chi connectivity index (χ0) is 16.9. The van der Waals surface area contributed by atoms with Crippen LogP contribution in [0.15, 0.2) is 48.5 Å². The van der Waals surface area contributed by atoms with E-state index in [2.05, 4.69) is 14.9 Å². The lowest BCUT2D eigenvalue weighted by Gasteiger charge is -2.11. The van der Waals surface area contributed by atoms with Crippen molar-refractivity contribution in [3.05, 3.63) is 59.9 Å². The van der Waals surface area contributed by atoms with Gasteiger partial charge in [0, 0.05) is 13.1 Å². The maximum atomic E-state index is 12.4. The Hall–Kier alpha value is -2.82. The molecule has 1 N–H and O–H groups in total. The van der Waals surface area contributed by atoms with Gasteiger partial charge in [0.15, 0.2) is 0 Å². The standard InChI is InChI=1S/C19H21N3O2/c1-3-24-18-11-7-4-8-15(18)19(23)20-12-13-22-14(2)21-16-9-5-6-10-17(16)22/h4-11H,3,12-13H2,1-2H3,(H,20,23). The predicted molar refractivity (Wildman–Crippen MR) is 94.4 cm³/mol. The molecule has 0 saturated heterocycles. The summed E-state index contributed by atoms with van der Waals surface area (Å²) >= 11 is 0. The minimum atomic E-state index is -0.124. The van der Waals surface area contributed by atoms with Crippen LogP contribution in [0.5, 0.6) is 5.75 Å². The lowest BCUT2D eigenvalue weighted by Crippen LogP contribution is -2.27. The Morgan fingerprint density at radius 1 is 1.17 bits per heavy atom. The molecule has 0 atom stereocenters. The number of nitrogens with zero attached hydrogens (tertiary/aromatic N) is 2. The number of ether oxygens (including phenoxy) is 1. The van der Waals surface area contributed by atoms with E-state index in [9.17, 15) is 4.79 Å². The Labute approximate surface area is 141 Å². The fraction of sp³-hybridized carbons (Fsp3) is 0.263. The first-order chi connectivity index (χ1) is 11.7. The number of imidazole rings is 1. The highest BCUT2D eigenvalue weighted by molar-refractivity contribution is 5.96. The molecule has 0 radical (unpaired) electrons.